The number of hydrogen-bond acceptors (Lipinski definition) is 6. The van der Waals surface area contributed by atoms with Crippen molar-refractivity contribution in [1.29, 1.82) is 0 Å². The number of alkyl halides is 3. The first kappa shape index (κ1) is 19.6. The molecule has 1 N–H and O–H groups in total. The van der Waals surface area contributed by atoms with Crippen LogP contribution in [0.2, 0.25) is 0 Å². The molecule has 4 rings (SSSR count). The second kappa shape index (κ2) is 7.30. The lowest BCUT2D eigenvalue weighted by atomic mass is 10.2. The molecular formula is C18H14F3N5OS2. The number of nitrogens with one attached hydrogen (secondary N) is 1. The molecule has 11 heteroatoms. The van der Waals surface area contributed by atoms with Crippen LogP contribution < -0.4 is 5.32 Å². The average Bonchev–Trinajstić information content (AvgIpc) is 3.20. The van der Waals surface area contributed by atoms with Crippen LogP contribution in [0.4, 0.5) is 18.9 Å². The van der Waals surface area contributed by atoms with Gasteiger partial charge in [-0.2, -0.15) is 13.2 Å². The van der Waals surface area contributed by atoms with Crippen LogP contribution in [-0.4, -0.2) is 31.2 Å². The van der Waals surface area contributed by atoms with E-state index in [9.17, 15) is 18.0 Å². The van der Waals surface area contributed by atoms with E-state index in [0.29, 0.717) is 16.5 Å². The molecule has 0 saturated carbocycles. The molecule has 0 unspecified atom stereocenters. The molecule has 0 saturated heterocycles. The van der Waals surface area contributed by atoms with E-state index in [1.807, 2.05) is 13.8 Å². The normalized spacial score (nSPS) is 12.0. The van der Waals surface area contributed by atoms with Crippen LogP contribution in [0, 0.1) is 13.8 Å². The van der Waals surface area contributed by atoms with Crippen molar-refractivity contribution < 1.29 is 18.0 Å². The largest absolute Gasteiger partial charge is 0.416 e. The number of aromatic nitrogens is 4. The Labute approximate surface area is 171 Å². The van der Waals surface area contributed by atoms with Crippen LogP contribution in [0.3, 0.4) is 0 Å². The number of rotatable bonds is 4. The van der Waals surface area contributed by atoms with E-state index in [0.717, 1.165) is 32.8 Å². The molecule has 0 bridgehead atoms. The highest BCUT2D eigenvalue weighted by Crippen LogP contribution is 2.32. The maximum Gasteiger partial charge on any atom is 0.416 e. The highest BCUT2D eigenvalue weighted by atomic mass is 32.2. The molecule has 1 amide bonds. The molecule has 3 aromatic heterocycles. The van der Waals surface area contributed by atoms with Crippen molar-refractivity contribution in [2.24, 2.45) is 0 Å². The number of thiophene rings is 1. The molecule has 0 aliphatic heterocycles. The maximum absolute atomic E-state index is 12.6. The van der Waals surface area contributed by atoms with Crippen molar-refractivity contribution in [2.45, 2.75) is 25.2 Å². The van der Waals surface area contributed by atoms with Gasteiger partial charge in [0.1, 0.15) is 11.2 Å². The molecule has 1 aromatic carbocycles. The SMILES string of the molecule is Cc1sc2ncn3c(SCC(=O)Nc4ccc(C(F)(F)F)cc4)nnc3c2c1C. The number of fused-ring (bicyclic) bond motifs is 3. The maximum atomic E-state index is 12.6. The summed E-state index contributed by atoms with van der Waals surface area (Å²) < 4.78 is 39.5. The van der Waals surface area contributed by atoms with Gasteiger partial charge in [0.2, 0.25) is 5.91 Å². The number of anilines is 1. The Morgan fingerprint density at radius 2 is 1.93 bits per heavy atom. The third-order valence-electron chi connectivity index (χ3n) is 4.37. The summed E-state index contributed by atoms with van der Waals surface area (Å²) in [6, 6.07) is 4.30. The predicted octanol–water partition coefficient (Wildman–Crippen LogP) is 4.71. The van der Waals surface area contributed by atoms with Gasteiger partial charge in [-0.1, -0.05) is 11.8 Å². The number of halogens is 3. The van der Waals surface area contributed by atoms with Gasteiger partial charge >= 0.3 is 6.18 Å². The quantitative estimate of drug-likeness (QED) is 0.469. The summed E-state index contributed by atoms with van der Waals surface area (Å²) in [5.74, 6) is -0.329. The number of benzene rings is 1. The fraction of sp³-hybridized carbons (Fsp3) is 0.222. The molecule has 29 heavy (non-hydrogen) atoms. The lowest BCUT2D eigenvalue weighted by molar-refractivity contribution is -0.137. The number of carbonyl (C=O) groups excluding carboxylic acids is 1. The number of carbonyl (C=O) groups is 1. The Hall–Kier alpha value is -2.66. The van der Waals surface area contributed by atoms with Crippen LogP contribution in [0.1, 0.15) is 16.0 Å². The Morgan fingerprint density at radius 3 is 2.62 bits per heavy atom. The zero-order valence-corrected chi connectivity index (χ0v) is 16.9. The number of aryl methyl sites for hydroxylation is 2. The third kappa shape index (κ3) is 3.79. The summed E-state index contributed by atoms with van der Waals surface area (Å²) in [7, 11) is 0. The van der Waals surface area contributed by atoms with Crippen molar-refractivity contribution in [3.05, 3.63) is 46.6 Å². The number of hydrogen-bond donors (Lipinski definition) is 1. The summed E-state index contributed by atoms with van der Waals surface area (Å²) in [6.07, 6.45) is -2.78. The van der Waals surface area contributed by atoms with Crippen molar-refractivity contribution in [3.63, 3.8) is 0 Å². The smallest absolute Gasteiger partial charge is 0.325 e. The second-order valence-corrected chi connectivity index (χ2v) is 8.44. The first-order valence-corrected chi connectivity index (χ1v) is 10.2. The molecule has 6 nitrogen and oxygen atoms in total. The zero-order chi connectivity index (χ0) is 20.8. The summed E-state index contributed by atoms with van der Waals surface area (Å²) in [5.41, 5.74) is 1.31. The van der Waals surface area contributed by atoms with Crippen LogP contribution in [0.15, 0.2) is 35.7 Å². The van der Waals surface area contributed by atoms with E-state index in [-0.39, 0.29) is 11.7 Å². The molecular weight excluding hydrogens is 423 g/mol. The topological polar surface area (TPSA) is 72.2 Å². The molecule has 4 aromatic rings. The summed E-state index contributed by atoms with van der Waals surface area (Å²) >= 11 is 2.76. The Bertz CT molecular complexity index is 1210. The van der Waals surface area contributed by atoms with Gasteiger partial charge in [0.25, 0.3) is 0 Å². The highest BCUT2D eigenvalue weighted by Gasteiger charge is 2.30. The third-order valence-corrected chi connectivity index (χ3v) is 6.43. The lowest BCUT2D eigenvalue weighted by Crippen LogP contribution is -2.14. The fourth-order valence-electron chi connectivity index (χ4n) is 2.79. The van der Waals surface area contributed by atoms with E-state index in [1.165, 1.54) is 23.9 Å². The van der Waals surface area contributed by atoms with Crippen LogP contribution in [-0.2, 0) is 11.0 Å². The van der Waals surface area contributed by atoms with Crippen molar-refractivity contribution in [1.82, 2.24) is 19.6 Å². The monoisotopic (exact) mass is 437 g/mol. The summed E-state index contributed by atoms with van der Waals surface area (Å²) in [6.45, 7) is 4.03. The Morgan fingerprint density at radius 1 is 1.21 bits per heavy atom. The van der Waals surface area contributed by atoms with Crippen molar-refractivity contribution >= 4 is 50.6 Å². The van der Waals surface area contributed by atoms with Crippen molar-refractivity contribution in [2.75, 3.05) is 11.1 Å². The fourth-order valence-corrected chi connectivity index (χ4v) is 4.49. The van der Waals surface area contributed by atoms with Gasteiger partial charge in [0.15, 0.2) is 10.8 Å². The van der Waals surface area contributed by atoms with Gasteiger partial charge < -0.3 is 5.32 Å². The number of amides is 1. The lowest BCUT2D eigenvalue weighted by Gasteiger charge is -2.08. The van der Waals surface area contributed by atoms with E-state index in [2.05, 4.69) is 20.5 Å². The predicted molar refractivity (Wildman–Crippen MR) is 106 cm³/mol. The minimum absolute atomic E-state index is 0.0293. The van der Waals surface area contributed by atoms with Crippen molar-refractivity contribution in [3.8, 4) is 0 Å². The van der Waals surface area contributed by atoms with E-state index < -0.39 is 11.7 Å². The number of nitrogens with zero attached hydrogens (tertiary/aromatic N) is 4. The van der Waals surface area contributed by atoms with Gasteiger partial charge in [0, 0.05) is 10.6 Å². The molecule has 0 radical (unpaired) electrons. The van der Waals surface area contributed by atoms with Crippen LogP contribution in [0.25, 0.3) is 15.9 Å². The van der Waals surface area contributed by atoms with Gasteiger partial charge in [-0.05, 0) is 43.7 Å². The molecule has 0 atom stereocenters. The van der Waals surface area contributed by atoms with Gasteiger partial charge in [0.05, 0.1) is 16.7 Å². The highest BCUT2D eigenvalue weighted by molar-refractivity contribution is 7.99. The molecule has 0 fully saturated rings. The average molecular weight is 437 g/mol. The summed E-state index contributed by atoms with van der Waals surface area (Å²) in [5, 5.41) is 12.4. The number of thioether (sulfide) groups is 1. The first-order valence-electron chi connectivity index (χ1n) is 8.43. The van der Waals surface area contributed by atoms with E-state index >= 15 is 0 Å². The first-order chi connectivity index (χ1) is 13.7. The van der Waals surface area contributed by atoms with Crippen LogP contribution in [0.5, 0.6) is 0 Å². The zero-order valence-electron chi connectivity index (χ0n) is 15.2. The van der Waals surface area contributed by atoms with Crippen LogP contribution >= 0.6 is 23.1 Å². The minimum Gasteiger partial charge on any atom is -0.325 e. The van der Waals surface area contributed by atoms with E-state index in [4.69, 9.17) is 0 Å². The van der Waals surface area contributed by atoms with Gasteiger partial charge in [-0.25, -0.2) is 4.98 Å². The molecule has 0 aliphatic carbocycles. The summed E-state index contributed by atoms with van der Waals surface area (Å²) in [4.78, 5) is 18.7. The standard InChI is InChI=1S/C18H14F3N5OS2/c1-9-10(2)29-16-14(9)15-24-25-17(26(15)8-22-16)28-7-13(27)23-12-5-3-11(4-6-12)18(19,20)21/h3-6,8H,7H2,1-2H3,(H,23,27). The Balaban J connectivity index is 1.47. The molecule has 3 heterocycles. The van der Waals surface area contributed by atoms with Gasteiger partial charge in [-0.15, -0.1) is 21.5 Å². The Kier molecular flexibility index (Phi) is 4.95. The molecule has 0 aliphatic rings. The minimum atomic E-state index is -4.41. The molecule has 150 valence electrons. The molecule has 0 spiro atoms. The van der Waals surface area contributed by atoms with E-state index in [1.54, 1.807) is 22.1 Å². The van der Waals surface area contributed by atoms with Gasteiger partial charge in [-0.3, -0.25) is 9.20 Å². The second-order valence-electron chi connectivity index (χ2n) is 6.30.